The van der Waals surface area contributed by atoms with Crippen molar-refractivity contribution < 1.29 is 22.3 Å². The molecule has 2 aliphatic rings. The lowest BCUT2D eigenvalue weighted by Gasteiger charge is -2.48. The number of halogens is 1. The van der Waals surface area contributed by atoms with E-state index in [0.717, 1.165) is 11.1 Å². The zero-order valence-corrected chi connectivity index (χ0v) is 19.5. The minimum absolute atomic E-state index is 0.0703. The van der Waals surface area contributed by atoms with Crippen LogP contribution in [-0.4, -0.2) is 49.8 Å². The van der Waals surface area contributed by atoms with Crippen LogP contribution in [0.2, 0.25) is 0 Å². The van der Waals surface area contributed by atoms with Gasteiger partial charge in [0.05, 0.1) is 18.1 Å². The number of nitrogens with zero attached hydrogens (tertiary/aromatic N) is 2. The van der Waals surface area contributed by atoms with Gasteiger partial charge in [0.2, 0.25) is 15.9 Å². The summed E-state index contributed by atoms with van der Waals surface area (Å²) in [5, 5.41) is 0. The van der Waals surface area contributed by atoms with E-state index in [1.165, 1.54) is 16.4 Å². The SMILES string of the molecule is CCN(C1(c2ccc(F)cc2)COC1)S(=O)(=O)c1ccc2c(c1)CN(C(=O)C(C)C)CC2. The molecule has 0 saturated carbocycles. The summed E-state index contributed by atoms with van der Waals surface area (Å²) < 4.78 is 47.9. The second kappa shape index (κ2) is 8.57. The van der Waals surface area contributed by atoms with Gasteiger partial charge in [0.15, 0.2) is 0 Å². The second-order valence-electron chi connectivity index (χ2n) is 8.80. The predicted octanol–water partition coefficient (Wildman–Crippen LogP) is 3.30. The maximum Gasteiger partial charge on any atom is 0.244 e. The molecule has 2 aromatic carbocycles. The molecule has 8 heteroatoms. The van der Waals surface area contributed by atoms with Gasteiger partial charge in [0.25, 0.3) is 0 Å². The number of sulfonamides is 1. The van der Waals surface area contributed by atoms with Crippen LogP contribution in [0.25, 0.3) is 0 Å². The van der Waals surface area contributed by atoms with Crippen LogP contribution in [0.5, 0.6) is 0 Å². The maximum atomic E-state index is 13.8. The number of ether oxygens (including phenoxy) is 1. The summed E-state index contributed by atoms with van der Waals surface area (Å²) >= 11 is 0. The van der Waals surface area contributed by atoms with Crippen LogP contribution < -0.4 is 0 Å². The molecule has 32 heavy (non-hydrogen) atoms. The number of hydrogen-bond acceptors (Lipinski definition) is 4. The van der Waals surface area contributed by atoms with Crippen molar-refractivity contribution in [3.63, 3.8) is 0 Å². The highest BCUT2D eigenvalue weighted by molar-refractivity contribution is 7.89. The van der Waals surface area contributed by atoms with Crippen molar-refractivity contribution in [2.45, 2.75) is 44.2 Å². The first-order valence-corrected chi connectivity index (χ1v) is 12.4. The predicted molar refractivity (Wildman–Crippen MR) is 119 cm³/mol. The van der Waals surface area contributed by atoms with Gasteiger partial charge in [-0.1, -0.05) is 39.0 Å². The van der Waals surface area contributed by atoms with Crippen LogP contribution in [-0.2, 0) is 38.1 Å². The van der Waals surface area contributed by atoms with Gasteiger partial charge >= 0.3 is 0 Å². The van der Waals surface area contributed by atoms with Gasteiger partial charge in [-0.3, -0.25) is 4.79 Å². The van der Waals surface area contributed by atoms with Crippen LogP contribution in [0.4, 0.5) is 4.39 Å². The Hall–Kier alpha value is -2.29. The topological polar surface area (TPSA) is 66.9 Å². The Morgan fingerprint density at radius 1 is 1.16 bits per heavy atom. The van der Waals surface area contributed by atoms with E-state index in [0.29, 0.717) is 25.1 Å². The smallest absolute Gasteiger partial charge is 0.244 e. The van der Waals surface area contributed by atoms with E-state index in [1.54, 1.807) is 36.1 Å². The normalized spacial score (nSPS) is 17.9. The highest BCUT2D eigenvalue weighted by atomic mass is 32.2. The molecule has 1 fully saturated rings. The number of fused-ring (bicyclic) bond motifs is 1. The van der Waals surface area contributed by atoms with Crippen LogP contribution in [0.1, 0.15) is 37.5 Å². The van der Waals surface area contributed by atoms with Crippen molar-refractivity contribution in [1.29, 1.82) is 0 Å². The van der Waals surface area contributed by atoms with Crippen molar-refractivity contribution in [3.8, 4) is 0 Å². The summed E-state index contributed by atoms with van der Waals surface area (Å²) in [6.45, 7) is 7.26. The van der Waals surface area contributed by atoms with E-state index in [2.05, 4.69) is 0 Å². The van der Waals surface area contributed by atoms with E-state index in [4.69, 9.17) is 4.74 Å². The van der Waals surface area contributed by atoms with E-state index in [1.807, 2.05) is 19.9 Å². The van der Waals surface area contributed by atoms with Crippen LogP contribution in [0.3, 0.4) is 0 Å². The number of carbonyl (C=O) groups excluding carboxylic acids is 1. The molecular formula is C24H29FN2O4S. The molecule has 1 amide bonds. The summed E-state index contributed by atoms with van der Waals surface area (Å²) in [5.41, 5.74) is 1.78. The van der Waals surface area contributed by atoms with Gasteiger partial charge in [-0.05, 0) is 47.4 Å². The molecule has 172 valence electrons. The van der Waals surface area contributed by atoms with Gasteiger partial charge in [-0.25, -0.2) is 12.8 Å². The van der Waals surface area contributed by atoms with E-state index < -0.39 is 15.6 Å². The minimum atomic E-state index is -3.86. The standard InChI is InChI=1S/C24H29FN2O4S/c1-4-27(24(15-31-16-24)20-6-8-21(25)9-7-20)32(29,30)22-10-5-18-11-12-26(14-19(18)13-22)23(28)17(2)3/h5-10,13,17H,4,11-12,14-16H2,1-3H3. The molecule has 4 rings (SSSR count). The zero-order chi connectivity index (χ0) is 23.1. The third kappa shape index (κ3) is 3.84. The van der Waals surface area contributed by atoms with Gasteiger partial charge in [-0.2, -0.15) is 4.31 Å². The zero-order valence-electron chi connectivity index (χ0n) is 18.7. The number of hydrogen-bond donors (Lipinski definition) is 0. The molecule has 6 nitrogen and oxygen atoms in total. The quantitative estimate of drug-likeness (QED) is 0.664. The first kappa shape index (κ1) is 22.9. The van der Waals surface area contributed by atoms with Crippen molar-refractivity contribution in [2.24, 2.45) is 5.92 Å². The molecule has 0 radical (unpaired) electrons. The summed E-state index contributed by atoms with van der Waals surface area (Å²) in [5.74, 6) is -0.403. The second-order valence-corrected chi connectivity index (χ2v) is 10.7. The van der Waals surface area contributed by atoms with E-state index in [-0.39, 0.29) is 42.3 Å². The Labute approximate surface area is 189 Å². The monoisotopic (exact) mass is 460 g/mol. The molecule has 0 aromatic heterocycles. The van der Waals surface area contributed by atoms with Crippen molar-refractivity contribution in [3.05, 3.63) is 65.0 Å². The van der Waals surface area contributed by atoms with Crippen LogP contribution in [0.15, 0.2) is 47.4 Å². The molecule has 0 unspecified atom stereocenters. The van der Waals surface area contributed by atoms with Crippen molar-refractivity contribution >= 4 is 15.9 Å². The van der Waals surface area contributed by atoms with Gasteiger partial charge in [0, 0.05) is 25.6 Å². The summed E-state index contributed by atoms with van der Waals surface area (Å²) in [6.07, 6.45) is 0.707. The minimum Gasteiger partial charge on any atom is -0.377 e. The van der Waals surface area contributed by atoms with Crippen LogP contribution >= 0.6 is 0 Å². The molecule has 0 atom stereocenters. The maximum absolute atomic E-state index is 13.8. The first-order valence-electron chi connectivity index (χ1n) is 11.0. The molecule has 0 aliphatic carbocycles. The Balaban J connectivity index is 1.69. The van der Waals surface area contributed by atoms with Crippen molar-refractivity contribution in [2.75, 3.05) is 26.3 Å². The fraction of sp³-hybridized carbons (Fsp3) is 0.458. The number of rotatable bonds is 6. The number of benzene rings is 2. The summed E-state index contributed by atoms with van der Waals surface area (Å²) in [4.78, 5) is 14.5. The molecule has 1 saturated heterocycles. The lowest BCUT2D eigenvalue weighted by molar-refractivity contribution is -0.135. The first-order chi connectivity index (χ1) is 15.2. The number of carbonyl (C=O) groups is 1. The fourth-order valence-corrected chi connectivity index (χ4v) is 6.38. The Kier molecular flexibility index (Phi) is 6.13. The van der Waals surface area contributed by atoms with Gasteiger partial charge < -0.3 is 9.64 Å². The third-order valence-electron chi connectivity index (χ3n) is 6.41. The van der Waals surface area contributed by atoms with Crippen molar-refractivity contribution in [1.82, 2.24) is 9.21 Å². The molecule has 2 heterocycles. The summed E-state index contributed by atoms with van der Waals surface area (Å²) in [7, 11) is -3.86. The fourth-order valence-electron chi connectivity index (χ4n) is 4.59. The largest absolute Gasteiger partial charge is 0.377 e. The third-order valence-corrected chi connectivity index (χ3v) is 8.45. The Morgan fingerprint density at radius 3 is 2.41 bits per heavy atom. The number of likely N-dealkylation sites (N-methyl/N-ethyl adjacent to an activating group) is 1. The van der Waals surface area contributed by atoms with Gasteiger partial charge in [-0.15, -0.1) is 0 Å². The lowest BCUT2D eigenvalue weighted by Crippen LogP contribution is -2.61. The van der Waals surface area contributed by atoms with E-state index in [9.17, 15) is 17.6 Å². The molecular weight excluding hydrogens is 431 g/mol. The summed E-state index contributed by atoms with van der Waals surface area (Å²) in [6, 6.07) is 11.1. The number of amides is 1. The molecule has 0 spiro atoms. The highest BCUT2D eigenvalue weighted by Gasteiger charge is 2.50. The average Bonchev–Trinajstić information content (AvgIpc) is 2.75. The molecule has 0 bridgehead atoms. The highest BCUT2D eigenvalue weighted by Crippen LogP contribution is 2.40. The van der Waals surface area contributed by atoms with Gasteiger partial charge in [0.1, 0.15) is 11.4 Å². The Morgan fingerprint density at radius 2 is 1.84 bits per heavy atom. The molecule has 0 N–H and O–H groups in total. The average molecular weight is 461 g/mol. The van der Waals surface area contributed by atoms with E-state index >= 15 is 0 Å². The molecule has 2 aliphatic heterocycles. The lowest BCUT2D eigenvalue weighted by atomic mass is 9.88. The van der Waals surface area contributed by atoms with Crippen LogP contribution in [0, 0.1) is 11.7 Å². The molecule has 2 aromatic rings. The Bertz CT molecular complexity index is 1110.